The van der Waals surface area contributed by atoms with Crippen LogP contribution in [0.2, 0.25) is 5.02 Å². The topological polar surface area (TPSA) is 73.1 Å². The Morgan fingerprint density at radius 3 is 2.70 bits per heavy atom. The zero-order valence-electron chi connectivity index (χ0n) is 10.6. The number of nitriles is 1. The van der Waals surface area contributed by atoms with Crippen LogP contribution in [0.4, 0.5) is 5.69 Å². The number of halogens is 1. The van der Waals surface area contributed by atoms with E-state index in [0.29, 0.717) is 27.4 Å². The molecule has 2 aromatic rings. The molecular weight excluding hydrogens is 276 g/mol. The molecule has 0 radical (unpaired) electrons. The SMILES string of the molecule is Cc1ccc(C(=O)Nc2cc(C#N)ccc2Cl)cc1O. The first-order chi connectivity index (χ1) is 9.51. The molecule has 0 heterocycles. The van der Waals surface area contributed by atoms with E-state index in [2.05, 4.69) is 5.32 Å². The van der Waals surface area contributed by atoms with Crippen molar-refractivity contribution in [1.29, 1.82) is 5.26 Å². The number of phenolic OH excluding ortho intramolecular Hbond substituents is 1. The lowest BCUT2D eigenvalue weighted by Gasteiger charge is -2.08. The van der Waals surface area contributed by atoms with Gasteiger partial charge in [0.2, 0.25) is 0 Å². The van der Waals surface area contributed by atoms with Crippen molar-refractivity contribution in [3.8, 4) is 11.8 Å². The molecule has 0 saturated carbocycles. The third-order valence-electron chi connectivity index (χ3n) is 2.81. The van der Waals surface area contributed by atoms with E-state index in [1.165, 1.54) is 12.1 Å². The smallest absolute Gasteiger partial charge is 0.255 e. The van der Waals surface area contributed by atoms with Crippen LogP contribution < -0.4 is 5.32 Å². The van der Waals surface area contributed by atoms with Crippen molar-refractivity contribution in [2.24, 2.45) is 0 Å². The number of anilines is 1. The zero-order chi connectivity index (χ0) is 14.7. The molecule has 5 heteroatoms. The number of nitrogens with zero attached hydrogens (tertiary/aromatic N) is 1. The van der Waals surface area contributed by atoms with E-state index in [1.807, 2.05) is 6.07 Å². The molecule has 0 aliphatic rings. The Balaban J connectivity index is 2.28. The molecule has 100 valence electrons. The number of phenols is 1. The van der Waals surface area contributed by atoms with Crippen molar-refractivity contribution >= 4 is 23.2 Å². The number of benzene rings is 2. The summed E-state index contributed by atoms with van der Waals surface area (Å²) in [7, 11) is 0. The van der Waals surface area contributed by atoms with E-state index in [0.717, 1.165) is 0 Å². The number of amides is 1. The normalized spacial score (nSPS) is 9.85. The summed E-state index contributed by atoms with van der Waals surface area (Å²) >= 11 is 5.97. The molecule has 0 aliphatic heterocycles. The van der Waals surface area contributed by atoms with Gasteiger partial charge in [0, 0.05) is 5.56 Å². The quantitative estimate of drug-likeness (QED) is 0.887. The van der Waals surface area contributed by atoms with Gasteiger partial charge in [-0.2, -0.15) is 5.26 Å². The average Bonchev–Trinajstić information content (AvgIpc) is 2.44. The molecular formula is C15H11ClN2O2. The number of aromatic hydroxyl groups is 1. The molecule has 1 amide bonds. The number of rotatable bonds is 2. The molecule has 0 aliphatic carbocycles. The van der Waals surface area contributed by atoms with Crippen LogP contribution in [-0.4, -0.2) is 11.0 Å². The minimum Gasteiger partial charge on any atom is -0.508 e. The molecule has 0 atom stereocenters. The van der Waals surface area contributed by atoms with Crippen molar-refractivity contribution in [3.63, 3.8) is 0 Å². The van der Waals surface area contributed by atoms with Crippen LogP contribution in [0.25, 0.3) is 0 Å². The van der Waals surface area contributed by atoms with Crippen LogP contribution >= 0.6 is 11.6 Å². The number of hydrogen-bond donors (Lipinski definition) is 2. The highest BCUT2D eigenvalue weighted by Crippen LogP contribution is 2.24. The monoisotopic (exact) mass is 286 g/mol. The summed E-state index contributed by atoms with van der Waals surface area (Å²) in [6.07, 6.45) is 0. The zero-order valence-corrected chi connectivity index (χ0v) is 11.4. The molecule has 0 bridgehead atoms. The first-order valence-electron chi connectivity index (χ1n) is 5.82. The van der Waals surface area contributed by atoms with Gasteiger partial charge >= 0.3 is 0 Å². The number of carbonyl (C=O) groups is 1. The van der Waals surface area contributed by atoms with Gasteiger partial charge < -0.3 is 10.4 Å². The number of carbonyl (C=O) groups excluding carboxylic acids is 1. The molecule has 4 nitrogen and oxygen atoms in total. The third kappa shape index (κ3) is 2.90. The second kappa shape index (κ2) is 5.64. The van der Waals surface area contributed by atoms with Crippen LogP contribution in [0.3, 0.4) is 0 Å². The molecule has 20 heavy (non-hydrogen) atoms. The predicted octanol–water partition coefficient (Wildman–Crippen LogP) is 3.48. The molecule has 0 fully saturated rings. The van der Waals surface area contributed by atoms with Gasteiger partial charge in [0.15, 0.2) is 0 Å². The Morgan fingerprint density at radius 2 is 2.05 bits per heavy atom. The summed E-state index contributed by atoms with van der Waals surface area (Å²) in [4.78, 5) is 12.1. The lowest BCUT2D eigenvalue weighted by Crippen LogP contribution is -2.12. The molecule has 2 rings (SSSR count). The summed E-state index contributed by atoms with van der Waals surface area (Å²) < 4.78 is 0. The first kappa shape index (κ1) is 13.9. The van der Waals surface area contributed by atoms with Crippen LogP contribution in [-0.2, 0) is 0 Å². The molecule has 0 spiro atoms. The Kier molecular flexibility index (Phi) is 3.92. The molecule has 2 N–H and O–H groups in total. The van der Waals surface area contributed by atoms with Gasteiger partial charge in [0.1, 0.15) is 5.75 Å². The highest BCUT2D eigenvalue weighted by Gasteiger charge is 2.10. The average molecular weight is 287 g/mol. The Morgan fingerprint density at radius 1 is 1.30 bits per heavy atom. The first-order valence-corrected chi connectivity index (χ1v) is 6.19. The summed E-state index contributed by atoms with van der Waals surface area (Å²) in [5.41, 5.74) is 1.75. The summed E-state index contributed by atoms with van der Waals surface area (Å²) in [6, 6.07) is 11.2. The summed E-state index contributed by atoms with van der Waals surface area (Å²) in [5.74, 6) is -0.355. The van der Waals surface area contributed by atoms with Crippen molar-refractivity contribution in [2.75, 3.05) is 5.32 Å². The van der Waals surface area contributed by atoms with E-state index in [-0.39, 0.29) is 5.75 Å². The van der Waals surface area contributed by atoms with Crippen molar-refractivity contribution in [3.05, 3.63) is 58.1 Å². The van der Waals surface area contributed by atoms with Crippen LogP contribution in [0, 0.1) is 18.3 Å². The van der Waals surface area contributed by atoms with Crippen LogP contribution in [0.15, 0.2) is 36.4 Å². The standard InChI is InChI=1S/C15H11ClN2O2/c1-9-2-4-11(7-14(9)19)15(20)18-13-6-10(8-17)3-5-12(13)16/h2-7,19H,1H3,(H,18,20). The van der Waals surface area contributed by atoms with Gasteiger partial charge in [-0.25, -0.2) is 0 Å². The number of hydrogen-bond acceptors (Lipinski definition) is 3. The number of nitrogens with one attached hydrogen (secondary N) is 1. The van der Waals surface area contributed by atoms with E-state index < -0.39 is 5.91 Å². The Labute approximate surface area is 121 Å². The molecule has 0 unspecified atom stereocenters. The van der Waals surface area contributed by atoms with Crippen molar-refractivity contribution in [1.82, 2.24) is 0 Å². The molecule has 0 saturated heterocycles. The second-order valence-corrected chi connectivity index (χ2v) is 4.67. The van der Waals surface area contributed by atoms with Crippen molar-refractivity contribution in [2.45, 2.75) is 6.92 Å². The second-order valence-electron chi connectivity index (χ2n) is 4.26. The maximum Gasteiger partial charge on any atom is 0.255 e. The van der Waals surface area contributed by atoms with Gasteiger partial charge in [0.25, 0.3) is 5.91 Å². The minimum absolute atomic E-state index is 0.0505. The largest absolute Gasteiger partial charge is 0.508 e. The molecule has 0 aromatic heterocycles. The maximum atomic E-state index is 12.1. The fraction of sp³-hybridized carbons (Fsp3) is 0.0667. The van der Waals surface area contributed by atoms with Crippen LogP contribution in [0.5, 0.6) is 5.75 Å². The molecule has 2 aromatic carbocycles. The van der Waals surface area contributed by atoms with E-state index >= 15 is 0 Å². The lowest BCUT2D eigenvalue weighted by atomic mass is 10.1. The number of aryl methyl sites for hydroxylation is 1. The summed E-state index contributed by atoms with van der Waals surface area (Å²) in [6.45, 7) is 1.74. The van der Waals surface area contributed by atoms with Crippen LogP contribution in [0.1, 0.15) is 21.5 Å². The van der Waals surface area contributed by atoms with Gasteiger partial charge in [-0.15, -0.1) is 0 Å². The highest BCUT2D eigenvalue weighted by atomic mass is 35.5. The van der Waals surface area contributed by atoms with E-state index in [9.17, 15) is 9.90 Å². The van der Waals surface area contributed by atoms with Gasteiger partial charge in [-0.05, 0) is 42.8 Å². The summed E-state index contributed by atoms with van der Waals surface area (Å²) in [5, 5.41) is 21.4. The minimum atomic E-state index is -0.405. The Hall–Kier alpha value is -2.51. The van der Waals surface area contributed by atoms with Crippen molar-refractivity contribution < 1.29 is 9.90 Å². The fourth-order valence-electron chi connectivity index (χ4n) is 1.64. The van der Waals surface area contributed by atoms with Gasteiger partial charge in [-0.3, -0.25) is 4.79 Å². The Bertz CT molecular complexity index is 720. The fourth-order valence-corrected chi connectivity index (χ4v) is 1.80. The third-order valence-corrected chi connectivity index (χ3v) is 3.14. The highest BCUT2D eigenvalue weighted by molar-refractivity contribution is 6.34. The van der Waals surface area contributed by atoms with E-state index in [4.69, 9.17) is 16.9 Å². The maximum absolute atomic E-state index is 12.1. The lowest BCUT2D eigenvalue weighted by molar-refractivity contribution is 0.102. The predicted molar refractivity (Wildman–Crippen MR) is 77.0 cm³/mol. The van der Waals surface area contributed by atoms with E-state index in [1.54, 1.807) is 31.2 Å². The van der Waals surface area contributed by atoms with Gasteiger partial charge in [0.05, 0.1) is 22.3 Å². The van der Waals surface area contributed by atoms with Gasteiger partial charge in [-0.1, -0.05) is 17.7 Å².